The van der Waals surface area contributed by atoms with Crippen molar-refractivity contribution in [2.24, 2.45) is 7.05 Å². The molecule has 0 radical (unpaired) electrons. The lowest BCUT2D eigenvalue weighted by Gasteiger charge is -2.01. The van der Waals surface area contributed by atoms with Gasteiger partial charge >= 0.3 is 0 Å². The topological polar surface area (TPSA) is 39.1 Å². The SMILES string of the molecule is CCS(=O)(=O)Cc1cn(C)c2cccc(Cl)c12. The lowest BCUT2D eigenvalue weighted by atomic mass is 10.2. The van der Waals surface area contributed by atoms with Crippen LogP contribution in [0.3, 0.4) is 0 Å². The van der Waals surface area contributed by atoms with Crippen molar-refractivity contribution >= 4 is 32.3 Å². The molecule has 3 nitrogen and oxygen atoms in total. The molecule has 1 aromatic carbocycles. The molecule has 0 N–H and O–H groups in total. The fraction of sp³-hybridized carbons (Fsp3) is 0.333. The van der Waals surface area contributed by atoms with Gasteiger partial charge in [-0.15, -0.1) is 0 Å². The van der Waals surface area contributed by atoms with Crippen molar-refractivity contribution in [3.63, 3.8) is 0 Å². The lowest BCUT2D eigenvalue weighted by molar-refractivity contribution is 0.596. The van der Waals surface area contributed by atoms with Crippen molar-refractivity contribution in [3.05, 3.63) is 35.0 Å². The zero-order valence-corrected chi connectivity index (χ0v) is 11.3. The molecular formula is C12H14ClNO2S. The molecule has 0 fully saturated rings. The zero-order valence-electron chi connectivity index (χ0n) is 9.77. The Morgan fingerprint density at radius 1 is 1.35 bits per heavy atom. The maximum absolute atomic E-state index is 11.7. The van der Waals surface area contributed by atoms with Gasteiger partial charge in [-0.1, -0.05) is 24.6 Å². The predicted octanol–water partition coefficient (Wildman–Crippen LogP) is 2.77. The van der Waals surface area contributed by atoms with Crippen molar-refractivity contribution in [3.8, 4) is 0 Å². The number of aryl methyl sites for hydroxylation is 1. The standard InChI is InChI=1S/C12H14ClNO2S/c1-3-17(15,16)8-9-7-14(2)11-6-4-5-10(13)12(9)11/h4-7H,3,8H2,1-2H3. The third-order valence-electron chi connectivity index (χ3n) is 2.86. The van der Waals surface area contributed by atoms with E-state index in [1.54, 1.807) is 13.0 Å². The van der Waals surface area contributed by atoms with Gasteiger partial charge in [-0.05, 0) is 17.7 Å². The second-order valence-electron chi connectivity index (χ2n) is 4.08. The molecule has 17 heavy (non-hydrogen) atoms. The lowest BCUT2D eigenvalue weighted by Crippen LogP contribution is -2.06. The Hall–Kier alpha value is -1.00. The number of hydrogen-bond donors (Lipinski definition) is 0. The third-order valence-corrected chi connectivity index (χ3v) is 4.80. The molecule has 1 heterocycles. The summed E-state index contributed by atoms with van der Waals surface area (Å²) in [7, 11) is -1.15. The van der Waals surface area contributed by atoms with E-state index >= 15 is 0 Å². The Morgan fingerprint density at radius 3 is 2.71 bits per heavy atom. The van der Waals surface area contributed by atoms with Gasteiger partial charge < -0.3 is 4.57 Å². The van der Waals surface area contributed by atoms with E-state index in [1.165, 1.54) is 0 Å². The normalized spacial score (nSPS) is 12.2. The Bertz CT molecular complexity index is 658. The number of hydrogen-bond acceptors (Lipinski definition) is 2. The largest absolute Gasteiger partial charge is 0.350 e. The van der Waals surface area contributed by atoms with Crippen LogP contribution in [-0.4, -0.2) is 18.7 Å². The molecule has 2 rings (SSSR count). The Kier molecular flexibility index (Phi) is 3.19. The summed E-state index contributed by atoms with van der Waals surface area (Å²) in [6.07, 6.45) is 1.84. The first-order valence-corrected chi connectivity index (χ1v) is 7.57. The second kappa shape index (κ2) is 4.35. The average molecular weight is 272 g/mol. The van der Waals surface area contributed by atoms with Crippen LogP contribution in [0.15, 0.2) is 24.4 Å². The van der Waals surface area contributed by atoms with Gasteiger partial charge in [0.25, 0.3) is 0 Å². The third kappa shape index (κ3) is 2.33. The summed E-state index contributed by atoms with van der Waals surface area (Å²) >= 11 is 6.14. The van der Waals surface area contributed by atoms with Crippen LogP contribution in [-0.2, 0) is 22.6 Å². The summed E-state index contributed by atoms with van der Waals surface area (Å²) in [5.41, 5.74) is 1.73. The molecule has 0 aliphatic carbocycles. The molecule has 0 aliphatic heterocycles. The van der Waals surface area contributed by atoms with Crippen LogP contribution in [0, 0.1) is 0 Å². The Balaban J connectivity index is 2.63. The van der Waals surface area contributed by atoms with Crippen LogP contribution in [0.4, 0.5) is 0 Å². The smallest absolute Gasteiger partial charge is 0.154 e. The average Bonchev–Trinajstić information content (AvgIpc) is 2.57. The van der Waals surface area contributed by atoms with Crippen LogP contribution in [0.5, 0.6) is 0 Å². The summed E-state index contributed by atoms with van der Waals surface area (Å²) in [4.78, 5) is 0. The van der Waals surface area contributed by atoms with Crippen LogP contribution < -0.4 is 0 Å². The van der Waals surface area contributed by atoms with Gasteiger partial charge in [-0.25, -0.2) is 8.42 Å². The maximum Gasteiger partial charge on any atom is 0.154 e. The van der Waals surface area contributed by atoms with Gasteiger partial charge in [0, 0.05) is 29.9 Å². The maximum atomic E-state index is 11.7. The minimum atomic E-state index is -3.04. The molecule has 0 spiro atoms. The van der Waals surface area contributed by atoms with Crippen LogP contribution in [0.1, 0.15) is 12.5 Å². The molecular weight excluding hydrogens is 258 g/mol. The van der Waals surface area contributed by atoms with Crippen LogP contribution in [0.25, 0.3) is 10.9 Å². The van der Waals surface area contributed by atoms with Crippen molar-refractivity contribution < 1.29 is 8.42 Å². The zero-order chi connectivity index (χ0) is 12.6. The minimum Gasteiger partial charge on any atom is -0.350 e. The molecule has 1 aromatic heterocycles. The molecule has 0 unspecified atom stereocenters. The summed E-state index contributed by atoms with van der Waals surface area (Å²) in [6.45, 7) is 1.65. The van der Waals surface area contributed by atoms with E-state index in [4.69, 9.17) is 11.6 Å². The van der Waals surface area contributed by atoms with Crippen molar-refractivity contribution in [2.75, 3.05) is 5.75 Å². The van der Waals surface area contributed by atoms with Crippen LogP contribution >= 0.6 is 11.6 Å². The molecule has 0 saturated heterocycles. The van der Waals surface area contributed by atoms with E-state index in [1.807, 2.05) is 29.9 Å². The van der Waals surface area contributed by atoms with E-state index < -0.39 is 9.84 Å². The Morgan fingerprint density at radius 2 is 2.06 bits per heavy atom. The number of sulfone groups is 1. The molecule has 0 saturated carbocycles. The first-order valence-electron chi connectivity index (χ1n) is 5.37. The first-order chi connectivity index (χ1) is 7.94. The number of halogens is 1. The molecule has 0 aliphatic rings. The highest BCUT2D eigenvalue weighted by molar-refractivity contribution is 7.90. The number of benzene rings is 1. The van der Waals surface area contributed by atoms with Crippen molar-refractivity contribution in [1.82, 2.24) is 4.57 Å². The number of nitrogens with zero attached hydrogens (tertiary/aromatic N) is 1. The highest BCUT2D eigenvalue weighted by Crippen LogP contribution is 2.29. The van der Waals surface area contributed by atoms with Crippen LogP contribution in [0.2, 0.25) is 5.02 Å². The molecule has 0 atom stereocenters. The van der Waals surface area contributed by atoms with E-state index in [-0.39, 0.29) is 11.5 Å². The molecule has 0 bridgehead atoms. The molecule has 2 aromatic rings. The predicted molar refractivity (Wildman–Crippen MR) is 71.1 cm³/mol. The number of fused-ring (bicyclic) bond motifs is 1. The highest BCUT2D eigenvalue weighted by Gasteiger charge is 2.15. The summed E-state index contributed by atoms with van der Waals surface area (Å²) < 4.78 is 25.3. The number of aromatic nitrogens is 1. The van der Waals surface area contributed by atoms with Gasteiger partial charge in [0.1, 0.15) is 0 Å². The fourth-order valence-electron chi connectivity index (χ4n) is 1.94. The summed E-state index contributed by atoms with van der Waals surface area (Å²) in [6, 6.07) is 5.58. The van der Waals surface area contributed by atoms with Gasteiger partial charge in [-0.3, -0.25) is 0 Å². The van der Waals surface area contributed by atoms with Gasteiger partial charge in [0.05, 0.1) is 10.8 Å². The van der Waals surface area contributed by atoms with Gasteiger partial charge in [-0.2, -0.15) is 0 Å². The minimum absolute atomic E-state index is 0.0462. The monoisotopic (exact) mass is 271 g/mol. The highest BCUT2D eigenvalue weighted by atomic mass is 35.5. The molecule has 5 heteroatoms. The summed E-state index contributed by atoms with van der Waals surface area (Å²) in [5, 5.41) is 1.44. The van der Waals surface area contributed by atoms with Crippen molar-refractivity contribution in [2.45, 2.75) is 12.7 Å². The quantitative estimate of drug-likeness (QED) is 0.861. The van der Waals surface area contributed by atoms with Crippen molar-refractivity contribution in [1.29, 1.82) is 0 Å². The van der Waals surface area contributed by atoms with Gasteiger partial charge in [0.2, 0.25) is 0 Å². The summed E-state index contributed by atoms with van der Waals surface area (Å²) in [5.74, 6) is 0.193. The van der Waals surface area contributed by atoms with E-state index in [0.717, 1.165) is 16.5 Å². The molecule has 92 valence electrons. The second-order valence-corrected chi connectivity index (χ2v) is 6.84. The fourth-order valence-corrected chi connectivity index (χ4v) is 3.13. The first kappa shape index (κ1) is 12.5. The van der Waals surface area contributed by atoms with Gasteiger partial charge in [0.15, 0.2) is 9.84 Å². The van der Waals surface area contributed by atoms with E-state index in [0.29, 0.717) is 5.02 Å². The van der Waals surface area contributed by atoms with E-state index in [2.05, 4.69) is 0 Å². The van der Waals surface area contributed by atoms with E-state index in [9.17, 15) is 8.42 Å². The number of rotatable bonds is 3. The Labute approximate surface area is 106 Å². The molecule has 0 amide bonds.